The first-order valence-electron chi connectivity index (χ1n) is 4.97. The van der Waals surface area contributed by atoms with E-state index >= 15 is 0 Å². The lowest BCUT2D eigenvalue weighted by Gasteiger charge is -2.17. The second-order valence-electron chi connectivity index (χ2n) is 3.67. The SMILES string of the molecule is CC(N)CC(=O)N(C)CCc1nccs1.Cl. The van der Waals surface area contributed by atoms with Crippen LogP contribution in [0, 0.1) is 0 Å². The summed E-state index contributed by atoms with van der Waals surface area (Å²) in [7, 11) is 1.80. The molecule has 0 radical (unpaired) electrons. The van der Waals surface area contributed by atoms with E-state index in [1.165, 1.54) is 0 Å². The largest absolute Gasteiger partial charge is 0.345 e. The molecule has 0 bridgehead atoms. The Balaban J connectivity index is 0.00000225. The van der Waals surface area contributed by atoms with Gasteiger partial charge in [0, 0.05) is 44.1 Å². The number of likely N-dealkylation sites (N-methyl/N-ethyl adjacent to an activating group) is 1. The Hall–Kier alpha value is -0.650. The van der Waals surface area contributed by atoms with Crippen LogP contribution < -0.4 is 5.73 Å². The highest BCUT2D eigenvalue weighted by molar-refractivity contribution is 7.09. The van der Waals surface area contributed by atoms with Gasteiger partial charge in [-0.25, -0.2) is 4.98 Å². The standard InChI is InChI=1S/C10H17N3OS.ClH/c1-8(11)7-10(14)13(2)5-3-9-12-4-6-15-9;/h4,6,8H,3,5,7,11H2,1-2H3;1H. The third-order valence-electron chi connectivity index (χ3n) is 2.07. The van der Waals surface area contributed by atoms with Crippen molar-refractivity contribution in [1.82, 2.24) is 9.88 Å². The zero-order valence-corrected chi connectivity index (χ0v) is 11.2. The molecule has 1 heterocycles. The molecule has 0 aromatic carbocycles. The molecule has 0 aliphatic carbocycles. The zero-order chi connectivity index (χ0) is 11.3. The van der Waals surface area contributed by atoms with Crippen LogP contribution in [0.1, 0.15) is 18.4 Å². The molecule has 1 rings (SSSR count). The molecule has 1 unspecified atom stereocenters. The third kappa shape index (κ3) is 5.44. The topological polar surface area (TPSA) is 59.2 Å². The van der Waals surface area contributed by atoms with Crippen molar-refractivity contribution < 1.29 is 4.79 Å². The lowest BCUT2D eigenvalue weighted by molar-refractivity contribution is -0.130. The van der Waals surface area contributed by atoms with Gasteiger partial charge in [0.05, 0.1) is 5.01 Å². The molecular formula is C10H18ClN3OS. The summed E-state index contributed by atoms with van der Waals surface area (Å²) < 4.78 is 0. The van der Waals surface area contributed by atoms with Crippen LogP contribution in [0.25, 0.3) is 0 Å². The summed E-state index contributed by atoms with van der Waals surface area (Å²) in [6, 6.07) is -0.0696. The predicted molar refractivity (Wildman–Crippen MR) is 69.0 cm³/mol. The molecule has 0 fully saturated rings. The normalized spacial score (nSPS) is 11.7. The predicted octanol–water partition coefficient (Wildman–Crippen LogP) is 1.30. The first-order valence-corrected chi connectivity index (χ1v) is 5.85. The molecule has 1 amide bonds. The highest BCUT2D eigenvalue weighted by atomic mass is 35.5. The van der Waals surface area contributed by atoms with E-state index in [4.69, 9.17) is 5.73 Å². The molecule has 16 heavy (non-hydrogen) atoms. The summed E-state index contributed by atoms with van der Waals surface area (Å²) in [5.41, 5.74) is 5.56. The minimum absolute atomic E-state index is 0. The molecule has 2 N–H and O–H groups in total. The molecule has 1 aromatic heterocycles. The van der Waals surface area contributed by atoms with Crippen molar-refractivity contribution in [2.24, 2.45) is 5.73 Å². The van der Waals surface area contributed by atoms with Gasteiger partial charge in [-0.15, -0.1) is 23.7 Å². The van der Waals surface area contributed by atoms with E-state index in [0.717, 1.165) is 11.4 Å². The number of nitrogens with zero attached hydrogens (tertiary/aromatic N) is 2. The van der Waals surface area contributed by atoms with Gasteiger partial charge in [0.1, 0.15) is 0 Å². The number of thiazole rings is 1. The van der Waals surface area contributed by atoms with Crippen LogP contribution in [-0.2, 0) is 11.2 Å². The fourth-order valence-corrected chi connectivity index (χ4v) is 1.81. The molecule has 0 saturated heterocycles. The summed E-state index contributed by atoms with van der Waals surface area (Å²) in [6.45, 7) is 2.55. The van der Waals surface area contributed by atoms with E-state index in [9.17, 15) is 4.79 Å². The molecule has 92 valence electrons. The minimum atomic E-state index is -0.0696. The molecule has 0 aliphatic rings. The van der Waals surface area contributed by atoms with E-state index in [2.05, 4.69) is 4.98 Å². The van der Waals surface area contributed by atoms with Crippen molar-refractivity contribution >= 4 is 29.7 Å². The fraction of sp³-hybridized carbons (Fsp3) is 0.600. The van der Waals surface area contributed by atoms with Crippen LogP contribution in [0.3, 0.4) is 0 Å². The fourth-order valence-electron chi connectivity index (χ4n) is 1.20. The van der Waals surface area contributed by atoms with Gasteiger partial charge in [-0.05, 0) is 6.92 Å². The zero-order valence-electron chi connectivity index (χ0n) is 9.55. The maximum atomic E-state index is 11.5. The van der Waals surface area contributed by atoms with Crippen LogP contribution in [0.4, 0.5) is 0 Å². The number of hydrogen-bond acceptors (Lipinski definition) is 4. The quantitative estimate of drug-likeness (QED) is 0.871. The number of halogens is 1. The van der Waals surface area contributed by atoms with Crippen molar-refractivity contribution in [3.05, 3.63) is 16.6 Å². The number of rotatable bonds is 5. The average Bonchev–Trinajstić information content (AvgIpc) is 2.65. The van der Waals surface area contributed by atoms with Gasteiger partial charge in [-0.2, -0.15) is 0 Å². The number of nitrogens with two attached hydrogens (primary N) is 1. The molecule has 0 aliphatic heterocycles. The minimum Gasteiger partial charge on any atom is -0.345 e. The number of carbonyl (C=O) groups excluding carboxylic acids is 1. The van der Waals surface area contributed by atoms with Crippen LogP contribution in [0.15, 0.2) is 11.6 Å². The summed E-state index contributed by atoms with van der Waals surface area (Å²) in [6.07, 6.45) is 3.01. The highest BCUT2D eigenvalue weighted by Gasteiger charge is 2.10. The van der Waals surface area contributed by atoms with Gasteiger partial charge in [0.25, 0.3) is 0 Å². The van der Waals surface area contributed by atoms with Gasteiger partial charge in [-0.1, -0.05) is 0 Å². The average molecular weight is 264 g/mol. The Labute approximate surface area is 106 Å². The van der Waals surface area contributed by atoms with Crippen molar-refractivity contribution in [3.63, 3.8) is 0 Å². The summed E-state index contributed by atoms with van der Waals surface area (Å²) in [5, 5.41) is 3.01. The summed E-state index contributed by atoms with van der Waals surface area (Å²) in [5.74, 6) is 0.0987. The Morgan fingerprint density at radius 3 is 2.88 bits per heavy atom. The monoisotopic (exact) mass is 263 g/mol. The third-order valence-corrected chi connectivity index (χ3v) is 2.91. The van der Waals surface area contributed by atoms with E-state index in [1.807, 2.05) is 12.3 Å². The van der Waals surface area contributed by atoms with Gasteiger partial charge in [-0.3, -0.25) is 4.79 Å². The van der Waals surface area contributed by atoms with Crippen LogP contribution in [-0.4, -0.2) is 35.4 Å². The smallest absolute Gasteiger partial charge is 0.223 e. The Kier molecular flexibility index (Phi) is 7.29. The lowest BCUT2D eigenvalue weighted by atomic mass is 10.2. The van der Waals surface area contributed by atoms with Gasteiger partial charge in [0.2, 0.25) is 5.91 Å². The summed E-state index contributed by atoms with van der Waals surface area (Å²) >= 11 is 1.62. The number of carbonyl (C=O) groups is 1. The van der Waals surface area contributed by atoms with E-state index in [0.29, 0.717) is 13.0 Å². The maximum Gasteiger partial charge on any atom is 0.223 e. The summed E-state index contributed by atoms with van der Waals surface area (Å²) in [4.78, 5) is 17.4. The van der Waals surface area contributed by atoms with Crippen LogP contribution >= 0.6 is 23.7 Å². The van der Waals surface area contributed by atoms with Crippen molar-refractivity contribution in [2.45, 2.75) is 25.8 Å². The highest BCUT2D eigenvalue weighted by Crippen LogP contribution is 2.05. The first kappa shape index (κ1) is 15.3. The number of amides is 1. The Morgan fingerprint density at radius 1 is 1.69 bits per heavy atom. The maximum absolute atomic E-state index is 11.5. The van der Waals surface area contributed by atoms with Crippen LogP contribution in [0.2, 0.25) is 0 Å². The molecule has 0 saturated carbocycles. The number of hydrogen-bond donors (Lipinski definition) is 1. The number of aromatic nitrogens is 1. The Bertz CT molecular complexity index is 303. The molecule has 1 aromatic rings. The molecule has 0 spiro atoms. The lowest BCUT2D eigenvalue weighted by Crippen LogP contribution is -2.33. The molecule has 4 nitrogen and oxygen atoms in total. The van der Waals surface area contributed by atoms with Crippen LogP contribution in [0.5, 0.6) is 0 Å². The van der Waals surface area contributed by atoms with E-state index in [1.54, 1.807) is 29.5 Å². The Morgan fingerprint density at radius 2 is 2.38 bits per heavy atom. The van der Waals surface area contributed by atoms with Crippen molar-refractivity contribution in [2.75, 3.05) is 13.6 Å². The van der Waals surface area contributed by atoms with E-state index < -0.39 is 0 Å². The van der Waals surface area contributed by atoms with Crippen molar-refractivity contribution in [1.29, 1.82) is 0 Å². The second kappa shape index (κ2) is 7.60. The second-order valence-corrected chi connectivity index (χ2v) is 4.65. The molecule has 6 heteroatoms. The van der Waals surface area contributed by atoms with Gasteiger partial charge < -0.3 is 10.6 Å². The molecule has 1 atom stereocenters. The van der Waals surface area contributed by atoms with Gasteiger partial charge in [0.15, 0.2) is 0 Å². The van der Waals surface area contributed by atoms with Crippen molar-refractivity contribution in [3.8, 4) is 0 Å². The van der Waals surface area contributed by atoms with E-state index in [-0.39, 0.29) is 24.4 Å². The van der Waals surface area contributed by atoms with Gasteiger partial charge >= 0.3 is 0 Å². The first-order chi connectivity index (χ1) is 7.09. The molecular weight excluding hydrogens is 246 g/mol.